The van der Waals surface area contributed by atoms with Crippen LogP contribution in [-0.2, 0) is 27.4 Å². The molecule has 0 bridgehead atoms. The van der Waals surface area contributed by atoms with E-state index in [1.165, 1.54) is 4.68 Å². The molecule has 0 saturated carbocycles. The second kappa shape index (κ2) is 12.2. The minimum Gasteiger partial charge on any atom is -0.465 e. The van der Waals surface area contributed by atoms with Gasteiger partial charge in [-0.15, -0.1) is 5.10 Å². The van der Waals surface area contributed by atoms with E-state index in [4.69, 9.17) is 9.47 Å². The summed E-state index contributed by atoms with van der Waals surface area (Å²) in [6, 6.07) is 7.78. The first-order valence-corrected chi connectivity index (χ1v) is 12.6. The minimum atomic E-state index is -0.387. The first-order chi connectivity index (χ1) is 17.5. The van der Waals surface area contributed by atoms with Crippen molar-refractivity contribution in [1.29, 1.82) is 0 Å². The predicted molar refractivity (Wildman–Crippen MR) is 134 cm³/mol. The van der Waals surface area contributed by atoms with E-state index in [1.807, 2.05) is 25.1 Å². The lowest BCUT2D eigenvalue weighted by Crippen LogP contribution is -2.43. The standard InChI is InChI=1S/C25H35N7O4/c1-4-22(24-27-28-29-32(24)17-23(33)36-5-2)31(9-8-30-10-12-35-13-11-30)16-20-15-19-14-18(3)6-7-21(19)26-25(20)34/h6-7,14-15,22H,4-5,8-13,16-17H2,1-3H3,(H,26,34)/t22-/m1/s1. The zero-order valence-electron chi connectivity index (χ0n) is 21.3. The van der Waals surface area contributed by atoms with Gasteiger partial charge in [0.25, 0.3) is 5.56 Å². The van der Waals surface area contributed by atoms with Crippen LogP contribution in [0.4, 0.5) is 0 Å². The Hall–Kier alpha value is -3.15. The number of morpholine rings is 1. The Morgan fingerprint density at radius 2 is 2.06 bits per heavy atom. The van der Waals surface area contributed by atoms with Crippen LogP contribution in [0.2, 0.25) is 0 Å². The van der Waals surface area contributed by atoms with Gasteiger partial charge in [-0.2, -0.15) is 0 Å². The van der Waals surface area contributed by atoms with Gasteiger partial charge >= 0.3 is 5.97 Å². The van der Waals surface area contributed by atoms with Gasteiger partial charge in [-0.3, -0.25) is 19.4 Å². The number of pyridine rings is 1. The summed E-state index contributed by atoms with van der Waals surface area (Å²) in [7, 11) is 0. The van der Waals surface area contributed by atoms with E-state index in [9.17, 15) is 9.59 Å². The second-order valence-corrected chi connectivity index (χ2v) is 9.06. The van der Waals surface area contributed by atoms with Gasteiger partial charge in [-0.1, -0.05) is 18.6 Å². The summed E-state index contributed by atoms with van der Waals surface area (Å²) in [5.41, 5.74) is 2.52. The van der Waals surface area contributed by atoms with E-state index in [1.54, 1.807) is 6.92 Å². The first kappa shape index (κ1) is 25.9. The Labute approximate surface area is 210 Å². The normalized spacial score (nSPS) is 15.4. The first-order valence-electron chi connectivity index (χ1n) is 12.6. The molecule has 1 aliphatic rings. The van der Waals surface area contributed by atoms with Gasteiger partial charge in [0.2, 0.25) is 0 Å². The lowest BCUT2D eigenvalue weighted by atomic mass is 10.1. The molecule has 0 spiro atoms. The zero-order valence-corrected chi connectivity index (χ0v) is 21.3. The van der Waals surface area contributed by atoms with Crippen LogP contribution in [0.3, 0.4) is 0 Å². The van der Waals surface area contributed by atoms with Crippen molar-refractivity contribution in [2.45, 2.75) is 46.3 Å². The molecule has 0 aliphatic carbocycles. The summed E-state index contributed by atoms with van der Waals surface area (Å²) in [4.78, 5) is 32.8. The number of aryl methyl sites for hydroxylation is 1. The number of nitrogens with zero attached hydrogens (tertiary/aromatic N) is 6. The van der Waals surface area contributed by atoms with Crippen molar-refractivity contribution in [2.24, 2.45) is 0 Å². The average molecular weight is 498 g/mol. The monoisotopic (exact) mass is 497 g/mol. The molecule has 11 nitrogen and oxygen atoms in total. The van der Waals surface area contributed by atoms with Crippen molar-refractivity contribution in [3.63, 3.8) is 0 Å². The minimum absolute atomic E-state index is 0.0557. The molecule has 0 radical (unpaired) electrons. The number of benzene rings is 1. The highest BCUT2D eigenvalue weighted by Gasteiger charge is 2.27. The third-order valence-corrected chi connectivity index (χ3v) is 6.53. The summed E-state index contributed by atoms with van der Waals surface area (Å²) < 4.78 is 12.1. The molecule has 4 rings (SSSR count). The summed E-state index contributed by atoms with van der Waals surface area (Å²) in [6.45, 7) is 11.2. The van der Waals surface area contributed by atoms with Crippen LogP contribution in [0.5, 0.6) is 0 Å². The third kappa shape index (κ3) is 6.34. The van der Waals surface area contributed by atoms with E-state index in [0.717, 1.165) is 49.3 Å². The number of carbonyl (C=O) groups is 1. The largest absolute Gasteiger partial charge is 0.465 e. The molecule has 0 amide bonds. The fourth-order valence-electron chi connectivity index (χ4n) is 4.64. The van der Waals surface area contributed by atoms with E-state index in [2.05, 4.69) is 43.3 Å². The molecule has 1 atom stereocenters. The lowest BCUT2D eigenvalue weighted by Gasteiger charge is -2.33. The Kier molecular flexibility index (Phi) is 8.79. The number of rotatable bonds is 11. The van der Waals surface area contributed by atoms with Crippen molar-refractivity contribution in [3.05, 3.63) is 51.6 Å². The quantitative estimate of drug-likeness (QED) is 0.395. The molecule has 1 N–H and O–H groups in total. The molecule has 3 heterocycles. The van der Waals surface area contributed by atoms with Gasteiger partial charge in [0, 0.05) is 43.8 Å². The number of fused-ring (bicyclic) bond motifs is 1. The summed E-state index contributed by atoms with van der Waals surface area (Å²) in [5, 5.41) is 13.2. The molecule has 11 heteroatoms. The number of aromatic nitrogens is 5. The Bertz CT molecular complexity index is 1220. The number of hydrogen-bond acceptors (Lipinski definition) is 9. The number of aromatic amines is 1. The Morgan fingerprint density at radius 3 is 2.81 bits per heavy atom. The summed E-state index contributed by atoms with van der Waals surface area (Å²) >= 11 is 0. The smallest absolute Gasteiger partial charge is 0.327 e. The van der Waals surface area contributed by atoms with Crippen LogP contribution in [0, 0.1) is 6.92 Å². The molecule has 2 aromatic heterocycles. The van der Waals surface area contributed by atoms with Crippen molar-refractivity contribution in [1.82, 2.24) is 35.0 Å². The maximum atomic E-state index is 13.0. The van der Waals surface area contributed by atoms with Crippen LogP contribution < -0.4 is 5.56 Å². The molecule has 0 unspecified atom stereocenters. The lowest BCUT2D eigenvalue weighted by molar-refractivity contribution is -0.144. The molecule has 1 fully saturated rings. The topological polar surface area (TPSA) is 118 Å². The van der Waals surface area contributed by atoms with E-state index < -0.39 is 0 Å². The van der Waals surface area contributed by atoms with Crippen LogP contribution >= 0.6 is 0 Å². The van der Waals surface area contributed by atoms with Crippen LogP contribution in [-0.4, -0.2) is 87.0 Å². The number of nitrogens with one attached hydrogen (secondary N) is 1. The van der Waals surface area contributed by atoms with Crippen LogP contribution in [0.1, 0.15) is 43.3 Å². The van der Waals surface area contributed by atoms with Crippen LogP contribution in [0.25, 0.3) is 10.9 Å². The van der Waals surface area contributed by atoms with Crippen LogP contribution in [0.15, 0.2) is 29.1 Å². The van der Waals surface area contributed by atoms with Gasteiger partial charge in [0.1, 0.15) is 6.54 Å². The molecule has 36 heavy (non-hydrogen) atoms. The van der Waals surface area contributed by atoms with Crippen molar-refractivity contribution < 1.29 is 14.3 Å². The highest BCUT2D eigenvalue weighted by atomic mass is 16.5. The van der Waals surface area contributed by atoms with Crippen molar-refractivity contribution >= 4 is 16.9 Å². The van der Waals surface area contributed by atoms with Gasteiger partial charge in [-0.25, -0.2) is 4.68 Å². The molecular formula is C25H35N7O4. The Morgan fingerprint density at radius 1 is 1.25 bits per heavy atom. The Balaban J connectivity index is 1.63. The SMILES string of the molecule is CCOC(=O)Cn1nnnc1[C@@H](CC)N(CCN1CCOCC1)Cc1cc2cc(C)ccc2[nH]c1=O. The molecule has 1 aromatic carbocycles. The van der Waals surface area contributed by atoms with Gasteiger partial charge in [0.05, 0.1) is 25.9 Å². The van der Waals surface area contributed by atoms with Gasteiger partial charge in [-0.05, 0) is 54.3 Å². The molecule has 194 valence electrons. The third-order valence-electron chi connectivity index (χ3n) is 6.53. The van der Waals surface area contributed by atoms with E-state index in [0.29, 0.717) is 37.5 Å². The maximum Gasteiger partial charge on any atom is 0.327 e. The molecule has 3 aromatic rings. The number of H-pyrrole nitrogens is 1. The van der Waals surface area contributed by atoms with Gasteiger partial charge < -0.3 is 14.5 Å². The number of carbonyl (C=O) groups excluding carboxylic acids is 1. The molecule has 1 aliphatic heterocycles. The second-order valence-electron chi connectivity index (χ2n) is 9.06. The number of hydrogen-bond donors (Lipinski definition) is 1. The summed E-state index contributed by atoms with van der Waals surface area (Å²) in [5.74, 6) is 0.197. The highest BCUT2D eigenvalue weighted by molar-refractivity contribution is 5.79. The van der Waals surface area contributed by atoms with Gasteiger partial charge in [0.15, 0.2) is 5.82 Å². The zero-order chi connectivity index (χ0) is 25.5. The fraction of sp³-hybridized carbons (Fsp3) is 0.560. The maximum absolute atomic E-state index is 13.0. The van der Waals surface area contributed by atoms with E-state index in [-0.39, 0.29) is 24.1 Å². The van der Waals surface area contributed by atoms with E-state index >= 15 is 0 Å². The number of ether oxygens (including phenoxy) is 2. The number of esters is 1. The highest BCUT2D eigenvalue weighted by Crippen LogP contribution is 2.24. The molecule has 1 saturated heterocycles. The fourth-order valence-corrected chi connectivity index (χ4v) is 4.64. The average Bonchev–Trinajstić information content (AvgIpc) is 3.31. The predicted octanol–water partition coefficient (Wildman–Crippen LogP) is 1.67. The van der Waals surface area contributed by atoms with Crippen molar-refractivity contribution in [2.75, 3.05) is 46.0 Å². The summed E-state index contributed by atoms with van der Waals surface area (Å²) in [6.07, 6.45) is 0.705. The molecular weight excluding hydrogens is 462 g/mol. The number of tetrazole rings is 1. The van der Waals surface area contributed by atoms with Crippen molar-refractivity contribution in [3.8, 4) is 0 Å².